The fourth-order valence-electron chi connectivity index (χ4n) is 0.214. The third-order valence-electron chi connectivity index (χ3n) is 0.464. The molecule has 0 saturated carbocycles. The SMILES string of the molecule is CCC[PH](=O)O.[NaH].[NaH]. The molecule has 1 N–H and O–H groups in total. The second-order valence-electron chi connectivity index (χ2n) is 1.14. The molecule has 0 radical (unpaired) electrons. The zero-order chi connectivity index (χ0) is 4.99. The van der Waals surface area contributed by atoms with Crippen LogP contribution in [0.4, 0.5) is 0 Å². The Bertz CT molecular complexity index is 59.2. The van der Waals surface area contributed by atoms with Crippen molar-refractivity contribution in [3.05, 3.63) is 0 Å². The predicted molar refractivity (Wildman–Crippen MR) is 40.7 cm³/mol. The van der Waals surface area contributed by atoms with Gasteiger partial charge in [0, 0.05) is 6.16 Å². The maximum atomic E-state index is 9.78. The second kappa shape index (κ2) is 11.9. The molecule has 8 heavy (non-hydrogen) atoms. The molecule has 0 heterocycles. The molecule has 0 aliphatic carbocycles. The van der Waals surface area contributed by atoms with Crippen LogP contribution in [0.2, 0.25) is 0 Å². The Morgan fingerprint density at radius 3 is 1.88 bits per heavy atom. The van der Waals surface area contributed by atoms with Gasteiger partial charge in [0.1, 0.15) is 0 Å². The Morgan fingerprint density at radius 2 is 1.88 bits per heavy atom. The van der Waals surface area contributed by atoms with Crippen LogP contribution in [-0.4, -0.2) is 70.2 Å². The van der Waals surface area contributed by atoms with Gasteiger partial charge in [0.25, 0.3) is 0 Å². The Kier molecular flexibility index (Phi) is 24.8. The van der Waals surface area contributed by atoms with Gasteiger partial charge in [-0.2, -0.15) is 0 Å². The minimum atomic E-state index is -2.14. The van der Waals surface area contributed by atoms with Crippen LogP contribution in [0, 0.1) is 0 Å². The first kappa shape index (κ1) is 16.6. The monoisotopic (exact) mass is 156 g/mol. The molecule has 0 amide bonds. The minimum absolute atomic E-state index is 0. The van der Waals surface area contributed by atoms with Crippen molar-refractivity contribution in [3.63, 3.8) is 0 Å². The Labute approximate surface area is 94.9 Å². The van der Waals surface area contributed by atoms with Gasteiger partial charge < -0.3 is 4.89 Å². The van der Waals surface area contributed by atoms with Crippen LogP contribution in [0.5, 0.6) is 0 Å². The summed E-state index contributed by atoms with van der Waals surface area (Å²) in [6.45, 7) is 1.89. The topological polar surface area (TPSA) is 37.3 Å². The van der Waals surface area contributed by atoms with Gasteiger partial charge in [-0.1, -0.05) is 6.92 Å². The van der Waals surface area contributed by atoms with E-state index in [-0.39, 0.29) is 59.1 Å². The molecule has 0 fully saturated rings. The van der Waals surface area contributed by atoms with Crippen LogP contribution in [0.15, 0.2) is 0 Å². The van der Waals surface area contributed by atoms with Crippen molar-refractivity contribution < 1.29 is 9.46 Å². The van der Waals surface area contributed by atoms with E-state index in [9.17, 15) is 4.57 Å². The van der Waals surface area contributed by atoms with E-state index < -0.39 is 8.03 Å². The Hall–Kier alpha value is 2.19. The third kappa shape index (κ3) is 15.7. The van der Waals surface area contributed by atoms with Crippen LogP contribution in [0.1, 0.15) is 13.3 Å². The molecule has 0 aliphatic rings. The van der Waals surface area contributed by atoms with E-state index in [2.05, 4.69) is 0 Å². The number of rotatable bonds is 2. The predicted octanol–water partition coefficient (Wildman–Crippen LogP) is -0.434. The third-order valence-corrected chi connectivity index (χ3v) is 1.39. The molecule has 0 aromatic heterocycles. The van der Waals surface area contributed by atoms with Gasteiger partial charge in [0.2, 0.25) is 0 Å². The van der Waals surface area contributed by atoms with Crippen molar-refractivity contribution >= 4 is 67.1 Å². The molecule has 0 aliphatic heterocycles. The fraction of sp³-hybridized carbons (Fsp3) is 1.00. The van der Waals surface area contributed by atoms with Crippen LogP contribution in [0.25, 0.3) is 0 Å². The molecule has 1 unspecified atom stereocenters. The normalized spacial score (nSPS) is 10.8. The molecular weight excluding hydrogens is 145 g/mol. The zero-order valence-electron chi connectivity index (χ0n) is 3.77. The molecule has 1 atom stereocenters. The molecule has 0 aromatic rings. The van der Waals surface area contributed by atoms with Crippen LogP contribution >= 0.6 is 8.03 Å². The number of hydrogen-bond acceptors (Lipinski definition) is 1. The van der Waals surface area contributed by atoms with E-state index >= 15 is 0 Å². The van der Waals surface area contributed by atoms with Gasteiger partial charge in [-0.3, -0.25) is 4.57 Å². The summed E-state index contributed by atoms with van der Waals surface area (Å²) < 4.78 is 9.78. The van der Waals surface area contributed by atoms with Gasteiger partial charge >= 0.3 is 59.1 Å². The van der Waals surface area contributed by atoms with Crippen molar-refractivity contribution in [1.29, 1.82) is 0 Å². The van der Waals surface area contributed by atoms with Crippen LogP contribution in [0.3, 0.4) is 0 Å². The van der Waals surface area contributed by atoms with Crippen LogP contribution in [-0.2, 0) is 4.57 Å². The van der Waals surface area contributed by atoms with Crippen molar-refractivity contribution in [3.8, 4) is 0 Å². The van der Waals surface area contributed by atoms with Gasteiger partial charge in [0.05, 0.1) is 0 Å². The van der Waals surface area contributed by atoms with E-state index in [1.54, 1.807) is 0 Å². The molecule has 0 saturated heterocycles. The molecule has 2 nitrogen and oxygen atoms in total. The summed E-state index contributed by atoms with van der Waals surface area (Å²) >= 11 is 0. The summed E-state index contributed by atoms with van der Waals surface area (Å²) in [5, 5.41) is 0. The average Bonchev–Trinajstić information content (AvgIpc) is 1.35. The summed E-state index contributed by atoms with van der Waals surface area (Å²) in [7, 11) is -2.14. The Morgan fingerprint density at radius 1 is 1.50 bits per heavy atom. The summed E-state index contributed by atoms with van der Waals surface area (Å²) in [4.78, 5) is 8.10. The summed E-state index contributed by atoms with van der Waals surface area (Å²) in [6.07, 6.45) is 1.29. The van der Waals surface area contributed by atoms with Gasteiger partial charge in [-0.15, -0.1) is 0 Å². The van der Waals surface area contributed by atoms with E-state index in [4.69, 9.17) is 4.89 Å². The van der Waals surface area contributed by atoms with Crippen molar-refractivity contribution in [2.24, 2.45) is 0 Å². The first-order chi connectivity index (χ1) is 2.77. The Balaban J connectivity index is -0.000000125. The molecular formula is C3H11Na2O2P. The number of hydrogen-bond donors (Lipinski definition) is 1. The van der Waals surface area contributed by atoms with E-state index in [0.717, 1.165) is 6.42 Å². The molecule has 42 valence electrons. The molecule has 5 heteroatoms. The molecule has 0 aromatic carbocycles. The first-order valence-electron chi connectivity index (χ1n) is 1.99. The second-order valence-corrected chi connectivity index (χ2v) is 2.43. The van der Waals surface area contributed by atoms with Gasteiger partial charge in [-0.05, 0) is 6.42 Å². The quantitative estimate of drug-likeness (QED) is 0.435. The summed E-state index contributed by atoms with van der Waals surface area (Å²) in [6, 6.07) is 0. The van der Waals surface area contributed by atoms with Gasteiger partial charge in [-0.25, -0.2) is 0 Å². The van der Waals surface area contributed by atoms with Crippen molar-refractivity contribution in [1.82, 2.24) is 0 Å². The summed E-state index contributed by atoms with van der Waals surface area (Å²) in [5.74, 6) is 0. The van der Waals surface area contributed by atoms with Crippen LogP contribution < -0.4 is 0 Å². The van der Waals surface area contributed by atoms with E-state index in [0.29, 0.717) is 6.16 Å². The molecule has 0 rings (SSSR count). The van der Waals surface area contributed by atoms with E-state index in [1.807, 2.05) is 6.92 Å². The summed E-state index contributed by atoms with van der Waals surface area (Å²) in [5.41, 5.74) is 0. The fourth-order valence-corrected chi connectivity index (χ4v) is 0.642. The first-order valence-corrected chi connectivity index (χ1v) is 3.55. The standard InChI is InChI=1S/C3H9O2P.2Na.2H/c1-2-3-6(4)5;;;;/h6H,2-3H2,1H3,(H,4,5);;;;. The zero-order valence-corrected chi connectivity index (χ0v) is 4.77. The van der Waals surface area contributed by atoms with Crippen molar-refractivity contribution in [2.75, 3.05) is 6.16 Å². The maximum absolute atomic E-state index is 9.78. The van der Waals surface area contributed by atoms with Gasteiger partial charge in [0.15, 0.2) is 8.03 Å². The average molecular weight is 156 g/mol. The molecule has 0 spiro atoms. The van der Waals surface area contributed by atoms with Crippen molar-refractivity contribution in [2.45, 2.75) is 13.3 Å². The molecule has 0 bridgehead atoms. The van der Waals surface area contributed by atoms with E-state index in [1.165, 1.54) is 0 Å².